The van der Waals surface area contributed by atoms with Gasteiger partial charge in [-0.1, -0.05) is 180 Å². The van der Waals surface area contributed by atoms with Crippen molar-refractivity contribution in [2.45, 2.75) is 238 Å². The van der Waals surface area contributed by atoms with Gasteiger partial charge in [-0.15, -0.1) is 0 Å². The maximum absolute atomic E-state index is 13.3. The molecule has 7 nitrogen and oxygen atoms in total. The summed E-state index contributed by atoms with van der Waals surface area (Å²) in [5, 5.41) is 18.7. The molecule has 0 fully saturated rings. The van der Waals surface area contributed by atoms with Crippen molar-refractivity contribution in [3.8, 4) is 0 Å². The molecule has 0 rings (SSSR count). The van der Waals surface area contributed by atoms with Crippen LogP contribution in [0.2, 0.25) is 0 Å². The van der Waals surface area contributed by atoms with Crippen LogP contribution in [0.25, 0.3) is 0 Å². The predicted octanol–water partition coefficient (Wildman–Crippen LogP) is 12.0. The Balaban J connectivity index is 4.09. The van der Waals surface area contributed by atoms with E-state index in [2.05, 4.69) is 6.92 Å². The number of unbranched alkanes of at least 4 members (excludes halogenated alkanes) is 29. The van der Waals surface area contributed by atoms with Crippen molar-refractivity contribution in [3.63, 3.8) is 0 Å². The lowest BCUT2D eigenvalue weighted by Crippen LogP contribution is -2.45. The third-order valence-electron chi connectivity index (χ3n) is 10.2. The van der Waals surface area contributed by atoms with Crippen molar-refractivity contribution in [1.82, 2.24) is 4.90 Å². The van der Waals surface area contributed by atoms with E-state index >= 15 is 0 Å². The zero-order valence-electron chi connectivity index (χ0n) is 32.4. The minimum atomic E-state index is -0.877. The number of aliphatic carboxylic acids is 2. The second kappa shape index (κ2) is 37.6. The number of carbonyl (C=O) groups is 3. The Kier molecular flexibility index (Phi) is 36.4. The maximum Gasteiger partial charge on any atom is 0.326 e. The number of carboxylic acids is 2. The van der Waals surface area contributed by atoms with Crippen molar-refractivity contribution in [1.29, 1.82) is 0 Å². The van der Waals surface area contributed by atoms with Crippen LogP contribution in [0.5, 0.6) is 0 Å². The van der Waals surface area contributed by atoms with Crippen LogP contribution < -0.4 is 5.73 Å². The van der Waals surface area contributed by atoms with Crippen LogP contribution in [0.15, 0.2) is 0 Å². The van der Waals surface area contributed by atoms with E-state index in [1.54, 1.807) is 4.90 Å². The third-order valence-corrected chi connectivity index (χ3v) is 10.2. The molecule has 0 heterocycles. The number of nitrogens with zero attached hydrogens (tertiary/aromatic N) is 1. The second-order valence-corrected chi connectivity index (χ2v) is 14.9. The van der Waals surface area contributed by atoms with Gasteiger partial charge in [-0.2, -0.15) is 0 Å². The van der Waals surface area contributed by atoms with Gasteiger partial charge in [0.25, 0.3) is 0 Å². The van der Waals surface area contributed by atoms with Gasteiger partial charge < -0.3 is 20.8 Å². The molecule has 0 bridgehead atoms. The first-order valence-corrected chi connectivity index (χ1v) is 21.4. The smallest absolute Gasteiger partial charge is 0.326 e. The molecule has 0 spiro atoms. The molecule has 1 amide bonds. The van der Waals surface area contributed by atoms with Crippen LogP contribution in [0, 0.1) is 0 Å². The molecule has 0 aliphatic rings. The minimum absolute atomic E-state index is 0.0213. The monoisotopic (exact) mass is 695 g/mol. The summed E-state index contributed by atoms with van der Waals surface area (Å²) in [6, 6.07) is -0.729. The molecule has 0 aromatic heterocycles. The van der Waals surface area contributed by atoms with E-state index in [9.17, 15) is 19.5 Å². The van der Waals surface area contributed by atoms with Gasteiger partial charge in [-0.25, -0.2) is 4.79 Å². The molecule has 0 aliphatic heterocycles. The molecule has 0 aromatic carbocycles. The topological polar surface area (TPSA) is 121 Å². The molecule has 0 aromatic rings. The first-order valence-electron chi connectivity index (χ1n) is 21.4. The fourth-order valence-electron chi connectivity index (χ4n) is 7.00. The quantitative estimate of drug-likeness (QED) is 0.0549. The van der Waals surface area contributed by atoms with Crippen molar-refractivity contribution < 1.29 is 24.6 Å². The number of hydrogen-bond donors (Lipinski definition) is 3. The summed E-state index contributed by atoms with van der Waals surface area (Å²) in [5.41, 5.74) is 5.66. The Bertz CT molecular complexity index is 747. The van der Waals surface area contributed by atoms with Crippen LogP contribution in [0.1, 0.15) is 232 Å². The molecule has 0 unspecified atom stereocenters. The number of nitrogens with two attached hydrogens (primary N) is 1. The molecular formula is C42H82N2O5. The molecular weight excluding hydrogens is 612 g/mol. The Morgan fingerprint density at radius 3 is 1.16 bits per heavy atom. The second-order valence-electron chi connectivity index (χ2n) is 14.9. The van der Waals surface area contributed by atoms with Crippen molar-refractivity contribution in [2.75, 3.05) is 13.1 Å². The fourth-order valence-corrected chi connectivity index (χ4v) is 7.00. The maximum atomic E-state index is 13.3. The van der Waals surface area contributed by atoms with Crippen LogP contribution in [-0.2, 0) is 14.4 Å². The summed E-state index contributed by atoms with van der Waals surface area (Å²) in [6.07, 6.45) is 39.6. The molecule has 0 aliphatic carbocycles. The Hall–Kier alpha value is -1.63. The summed E-state index contributed by atoms with van der Waals surface area (Å²) in [7, 11) is 0. The minimum Gasteiger partial charge on any atom is -0.481 e. The summed E-state index contributed by atoms with van der Waals surface area (Å²) in [5.74, 6) is -1.54. The average molecular weight is 695 g/mol. The first kappa shape index (κ1) is 47.4. The van der Waals surface area contributed by atoms with E-state index in [0.29, 0.717) is 32.4 Å². The summed E-state index contributed by atoms with van der Waals surface area (Å²) >= 11 is 0. The van der Waals surface area contributed by atoms with Gasteiger partial charge in [0.05, 0.1) is 0 Å². The largest absolute Gasteiger partial charge is 0.481 e. The lowest BCUT2D eigenvalue weighted by molar-refractivity contribution is -0.150. The summed E-state index contributed by atoms with van der Waals surface area (Å²) in [6.45, 7) is 3.38. The molecule has 4 N–H and O–H groups in total. The highest BCUT2D eigenvalue weighted by molar-refractivity contribution is 5.83. The zero-order chi connectivity index (χ0) is 36.0. The van der Waals surface area contributed by atoms with Crippen LogP contribution in [-0.4, -0.2) is 52.1 Å². The molecule has 7 heteroatoms. The number of rotatable bonds is 40. The molecule has 0 saturated heterocycles. The number of carbonyl (C=O) groups excluding carboxylic acids is 1. The van der Waals surface area contributed by atoms with Crippen LogP contribution in [0.4, 0.5) is 0 Å². The highest BCUT2D eigenvalue weighted by Gasteiger charge is 2.28. The van der Waals surface area contributed by atoms with E-state index in [1.807, 2.05) is 0 Å². The van der Waals surface area contributed by atoms with E-state index in [0.717, 1.165) is 64.2 Å². The molecule has 290 valence electrons. The summed E-state index contributed by atoms with van der Waals surface area (Å²) < 4.78 is 0. The van der Waals surface area contributed by atoms with Gasteiger partial charge >= 0.3 is 11.9 Å². The van der Waals surface area contributed by atoms with Crippen molar-refractivity contribution >= 4 is 17.8 Å². The number of hydrogen-bond acceptors (Lipinski definition) is 4. The van der Waals surface area contributed by atoms with E-state index < -0.39 is 18.0 Å². The normalized spacial score (nSPS) is 12.0. The molecule has 49 heavy (non-hydrogen) atoms. The first-order chi connectivity index (χ1) is 23.9. The van der Waals surface area contributed by atoms with Gasteiger partial charge in [-0.05, 0) is 45.1 Å². The fraction of sp³-hybridized carbons (Fsp3) is 0.929. The average Bonchev–Trinajstić information content (AvgIpc) is 3.08. The van der Waals surface area contributed by atoms with E-state index in [1.165, 1.54) is 141 Å². The lowest BCUT2D eigenvalue weighted by atomic mass is 10.0. The van der Waals surface area contributed by atoms with Gasteiger partial charge in [0.15, 0.2) is 0 Å². The number of carboxylic acid groups (broad SMARTS) is 2. The molecule has 1 atom stereocenters. The Morgan fingerprint density at radius 1 is 0.469 bits per heavy atom. The standard InChI is InChI=1S/C42H82N2O5/c1-2-3-4-5-6-7-8-9-11-14-17-20-23-26-29-35-40(45)44(39(42(48)49)34-31-32-37-43)38-33-28-25-22-19-16-13-10-12-15-18-21-24-27-30-36-41(46)47/h39H,2-38,43H2,1H3,(H,46,47)(H,48,49)/t39-/m0/s1. The molecule has 0 radical (unpaired) electrons. The Labute approximate surface area is 303 Å². The highest BCUT2D eigenvalue weighted by atomic mass is 16.4. The SMILES string of the molecule is CCCCCCCCCCCCCCCCCC(=O)N(CCCCCCCCCCCCCCCCCC(=O)O)[C@@H](CCCCN)C(=O)O. The summed E-state index contributed by atoms with van der Waals surface area (Å²) in [4.78, 5) is 37.7. The van der Waals surface area contributed by atoms with Crippen molar-refractivity contribution in [3.05, 3.63) is 0 Å². The van der Waals surface area contributed by atoms with Gasteiger partial charge in [0.2, 0.25) is 5.91 Å². The lowest BCUT2D eigenvalue weighted by Gasteiger charge is -2.29. The zero-order valence-corrected chi connectivity index (χ0v) is 32.4. The van der Waals surface area contributed by atoms with E-state index in [-0.39, 0.29) is 5.91 Å². The van der Waals surface area contributed by atoms with Gasteiger partial charge in [0, 0.05) is 19.4 Å². The highest BCUT2D eigenvalue weighted by Crippen LogP contribution is 2.18. The molecule has 0 saturated carbocycles. The van der Waals surface area contributed by atoms with Crippen molar-refractivity contribution in [2.24, 2.45) is 5.73 Å². The van der Waals surface area contributed by atoms with Crippen LogP contribution >= 0.6 is 0 Å². The number of amides is 1. The van der Waals surface area contributed by atoms with Crippen LogP contribution in [0.3, 0.4) is 0 Å². The third kappa shape index (κ3) is 33.3. The Morgan fingerprint density at radius 2 is 0.816 bits per heavy atom. The predicted molar refractivity (Wildman–Crippen MR) is 207 cm³/mol. The van der Waals surface area contributed by atoms with E-state index in [4.69, 9.17) is 10.8 Å². The van der Waals surface area contributed by atoms with Gasteiger partial charge in [-0.3, -0.25) is 9.59 Å². The van der Waals surface area contributed by atoms with Gasteiger partial charge in [0.1, 0.15) is 6.04 Å².